The first kappa shape index (κ1) is 109. The third kappa shape index (κ3) is 34.8. The standard InChI is InChI=1S/C17H19BN2O4.2C16H17BN2O5.C15H15BN2O5.C14H16BN3O4.C14H17FN2O5/c1-10-11(2)19-17(22)7-12(10)4-6-16(21)20-14-5-3-13-9-24-18(23)15(13)8-14;1-10-13(14(20)8-16(22)19-10)6-7-15(21)18-9-11-2-4-12(5-3-11)17(23)24;1-10-13(14(20)8-16(22)19-10)5-6-15(21)18-9-11-3-2-4-12(7-11)17(23)24;1-9-12(13(19)8-15(21)17-9)5-6-14(20)18-11-4-2-3-10(7-11)16(22)23;1-9-10(8-16-14(20)17-9)2-7-13(19)18-12-5-3-11(4-6-12)15(21)22;1-8(19)16-5-10-6-17(14(21)22-10)9-2-3-11(12(15)4-9)13(20)7-18/h3-6,8,11,23H,7,9H2,1-2H3,(H,19,22)(H,20,21);2*2-7,23-24H,8-9H2,1H3,(H,18,21)(H,19,22);2-7,22-23H,8H2,1H3,(H,17,21)(H,18,20);2-7,21-22H,8H2,1H3,(H,18,19)(H2,16,17,20);2-4,10,13,18,20H,5-7H2,1H3,(H,16,19)/b6-4+;7-6+;2*6-5+;7-2+;/t;;;;;10-,13?/m.....0/s1. The molecule has 2 unspecified atom stereocenters. The Hall–Kier alpha value is -15.3. The molecule has 41 nitrogen and oxygen atoms in total. The van der Waals surface area contributed by atoms with Gasteiger partial charge in [-0.3, -0.25) is 67.2 Å². The van der Waals surface area contributed by atoms with Crippen LogP contribution in [0.5, 0.6) is 0 Å². The number of aliphatic hydroxyl groups excluding tert-OH is 2. The third-order valence-corrected chi connectivity index (χ3v) is 21.0. The second-order valence-electron chi connectivity index (χ2n) is 31.5. The summed E-state index contributed by atoms with van der Waals surface area (Å²) in [5.74, 6) is -4.96. The van der Waals surface area contributed by atoms with E-state index >= 15 is 0 Å². The molecule has 7 aliphatic rings. The topological polar surface area (TPSA) is 645 Å². The number of rotatable bonds is 26. The Labute approximate surface area is 797 Å². The highest BCUT2D eigenvalue weighted by Crippen LogP contribution is 2.28. The Balaban J connectivity index is 0.000000205. The molecule has 724 valence electrons. The second-order valence-corrected chi connectivity index (χ2v) is 31.5. The number of urea groups is 1. The van der Waals surface area contributed by atoms with Crippen LogP contribution in [0.1, 0.15) is 103 Å². The predicted octanol–water partition coefficient (Wildman–Crippen LogP) is -2.59. The summed E-state index contributed by atoms with van der Waals surface area (Å²) in [7, 11) is -7.20. The Morgan fingerprint density at radius 1 is 0.511 bits per heavy atom. The molecule has 0 spiro atoms. The zero-order valence-electron chi connectivity index (χ0n) is 76.1. The Bertz CT molecular complexity index is 6020. The monoisotopic (exact) mass is 1910 g/mol. The molecule has 7 heterocycles. The molecule has 6 aromatic carbocycles. The van der Waals surface area contributed by atoms with Crippen LogP contribution in [0.4, 0.5) is 36.7 Å². The number of hydrogen-bond acceptors (Lipinski definition) is 28. The average molecular weight is 1910 g/mol. The number of anilines is 4. The molecular weight excluding hydrogens is 1810 g/mol. The lowest BCUT2D eigenvalue weighted by molar-refractivity contribution is -0.128. The number of nitrogens with one attached hydrogen (secondary N) is 12. The van der Waals surface area contributed by atoms with Gasteiger partial charge in [0.1, 0.15) is 18.0 Å². The van der Waals surface area contributed by atoms with Crippen molar-refractivity contribution in [1.29, 1.82) is 0 Å². The van der Waals surface area contributed by atoms with E-state index in [0.29, 0.717) is 91.6 Å². The molecule has 0 aromatic heterocycles. The highest BCUT2D eigenvalue weighted by Gasteiger charge is 2.34. The van der Waals surface area contributed by atoms with E-state index in [0.717, 1.165) is 33.9 Å². The number of ketones is 3. The first-order valence-corrected chi connectivity index (χ1v) is 42.7. The minimum Gasteiger partial charge on any atom is -0.442 e. The molecule has 47 heteroatoms. The molecule has 13 rings (SSSR count). The van der Waals surface area contributed by atoms with Crippen molar-refractivity contribution in [2.24, 2.45) is 0 Å². The van der Waals surface area contributed by atoms with Gasteiger partial charge in [0.2, 0.25) is 59.1 Å². The fourth-order valence-corrected chi connectivity index (χ4v) is 13.4. The van der Waals surface area contributed by atoms with E-state index in [1.54, 1.807) is 125 Å². The van der Waals surface area contributed by atoms with Crippen LogP contribution in [0.3, 0.4) is 0 Å². The van der Waals surface area contributed by atoms with Crippen LogP contribution in [0.15, 0.2) is 250 Å². The van der Waals surface area contributed by atoms with Crippen molar-refractivity contribution in [2.75, 3.05) is 47.1 Å². The molecule has 0 aliphatic carbocycles. The Kier molecular flexibility index (Phi) is 41.4. The largest absolute Gasteiger partial charge is 0.491 e. The lowest BCUT2D eigenvalue weighted by Crippen LogP contribution is -2.40. The van der Waals surface area contributed by atoms with Gasteiger partial charge in [-0.05, 0) is 169 Å². The number of hydrogen-bond donors (Lipinski definition) is 23. The van der Waals surface area contributed by atoms with Crippen molar-refractivity contribution in [3.63, 3.8) is 0 Å². The number of ether oxygens (including phenoxy) is 1. The van der Waals surface area contributed by atoms with E-state index in [1.165, 1.54) is 96.8 Å². The van der Waals surface area contributed by atoms with Crippen LogP contribution < -0.4 is 96.0 Å². The summed E-state index contributed by atoms with van der Waals surface area (Å²) in [5, 5.41) is 132. The van der Waals surface area contributed by atoms with Crippen LogP contribution >= 0.6 is 0 Å². The number of nitrogens with zero attached hydrogens (tertiary/aromatic N) is 1. The second kappa shape index (κ2) is 52.7. The van der Waals surface area contributed by atoms with Gasteiger partial charge in [0, 0.05) is 125 Å². The first-order valence-electron chi connectivity index (χ1n) is 42.7. The predicted molar refractivity (Wildman–Crippen MR) is 509 cm³/mol. The first-order chi connectivity index (χ1) is 65.9. The Morgan fingerprint density at radius 2 is 0.978 bits per heavy atom. The summed E-state index contributed by atoms with van der Waals surface area (Å²) in [4.78, 5) is 175. The molecule has 1 saturated heterocycles. The number of carbonyl (C=O) groups excluding carboxylic acids is 15. The number of cyclic esters (lactones) is 1. The van der Waals surface area contributed by atoms with Gasteiger partial charge in [0.05, 0.1) is 57.7 Å². The summed E-state index contributed by atoms with van der Waals surface area (Å²) in [5.41, 5.74) is 11.7. The minimum absolute atomic E-state index is 0.0211. The van der Waals surface area contributed by atoms with Crippen LogP contribution in [0.25, 0.3) is 0 Å². The van der Waals surface area contributed by atoms with Gasteiger partial charge in [-0.25, -0.2) is 14.0 Å². The molecule has 1 fully saturated rings. The van der Waals surface area contributed by atoms with Gasteiger partial charge in [0.25, 0.3) is 0 Å². The van der Waals surface area contributed by atoms with E-state index in [2.05, 4.69) is 63.8 Å². The number of benzene rings is 6. The number of carbonyl (C=O) groups is 15. The van der Waals surface area contributed by atoms with Crippen LogP contribution in [0.2, 0.25) is 0 Å². The fourth-order valence-electron chi connectivity index (χ4n) is 13.4. The zero-order valence-corrected chi connectivity index (χ0v) is 76.1. The molecule has 0 saturated carbocycles. The van der Waals surface area contributed by atoms with Gasteiger partial charge in [-0.2, -0.15) is 0 Å². The van der Waals surface area contributed by atoms with Crippen molar-refractivity contribution < 1.29 is 141 Å². The van der Waals surface area contributed by atoms with Gasteiger partial charge >= 0.3 is 47.7 Å². The van der Waals surface area contributed by atoms with Gasteiger partial charge in [-0.15, -0.1) is 0 Å². The van der Waals surface area contributed by atoms with E-state index < -0.39 is 78.1 Å². The lowest BCUT2D eigenvalue weighted by atomic mass is 9.79. The molecule has 3 atom stereocenters. The molecule has 7 aliphatic heterocycles. The summed E-state index contributed by atoms with van der Waals surface area (Å²) >= 11 is 0. The highest BCUT2D eigenvalue weighted by atomic mass is 19.1. The van der Waals surface area contributed by atoms with Crippen LogP contribution in [0, 0.1) is 5.82 Å². The number of fused-ring (bicyclic) bond motifs is 1. The number of allylic oxidation sites excluding steroid dienone is 11. The number of Topliss-reactive ketones (excluding diaryl/α,β-unsaturated/α-hetero) is 3. The number of amides is 13. The summed E-state index contributed by atoms with van der Waals surface area (Å²) in [6.45, 7) is 12.7. The summed E-state index contributed by atoms with van der Waals surface area (Å²) in [6, 6.07) is 34.1. The van der Waals surface area contributed by atoms with E-state index in [9.17, 15) is 86.4 Å². The molecule has 13 amide bonds. The number of aliphatic hydroxyl groups is 2. The third-order valence-electron chi connectivity index (χ3n) is 21.0. The maximum atomic E-state index is 13.9. The molecule has 6 aromatic rings. The van der Waals surface area contributed by atoms with Gasteiger partial charge in [0.15, 0.2) is 17.3 Å². The molecule has 0 radical (unpaired) electrons. The molecule has 0 bridgehead atoms. The highest BCUT2D eigenvalue weighted by molar-refractivity contribution is 6.62. The average Bonchev–Trinajstić information content (AvgIpc) is 1.66. The van der Waals surface area contributed by atoms with Crippen molar-refractivity contribution in [1.82, 2.24) is 47.9 Å². The van der Waals surface area contributed by atoms with Crippen molar-refractivity contribution in [3.8, 4) is 0 Å². The van der Waals surface area contributed by atoms with E-state index in [4.69, 9.17) is 54.7 Å². The minimum atomic E-state index is -1.63. The number of halogens is 1. The van der Waals surface area contributed by atoms with E-state index in [1.807, 2.05) is 19.9 Å². The van der Waals surface area contributed by atoms with E-state index in [-0.39, 0.29) is 151 Å². The summed E-state index contributed by atoms with van der Waals surface area (Å²) < 4.78 is 24.1. The normalized spacial score (nSPS) is 16.4. The SMILES string of the molecule is CC(=O)NC[C@H]1CN(c2ccc(C(O)CO)c(F)c2)C(=O)O1.CC1=C(/C=C/C(=O)NCc2ccc(B(O)O)cc2)C(=O)CC(=O)N1.CC1=C(/C=C/C(=O)NCc2cccc(B(O)O)c2)C(=O)CC(=O)N1.CC1=C(/C=C/C(=O)Nc2ccc(B(O)O)cc2)CNC(=O)N1.CC1=C(/C=C/C(=O)Nc2ccc3c(c2)B(O)OC3)CC(=O)NC1C.CC1=C(/C=C/C(=O)Nc2cccc(B(O)O)c2)C(=O)CC(=O)N1. The fraction of sp³-hybridized carbons (Fsp3) is 0.228. The smallest absolute Gasteiger partial charge is 0.442 e. The molecule has 139 heavy (non-hydrogen) atoms. The van der Waals surface area contributed by atoms with Crippen molar-refractivity contribution in [3.05, 3.63) is 279 Å². The summed E-state index contributed by atoms with van der Waals surface area (Å²) in [6.07, 6.45) is 11.0. The van der Waals surface area contributed by atoms with Gasteiger partial charge in [-0.1, -0.05) is 97.1 Å². The van der Waals surface area contributed by atoms with Crippen molar-refractivity contribution in [2.45, 2.75) is 112 Å². The van der Waals surface area contributed by atoms with Crippen molar-refractivity contribution >= 4 is 174 Å². The van der Waals surface area contributed by atoms with Crippen LogP contribution in [-0.2, 0) is 91.4 Å². The quantitative estimate of drug-likeness (QED) is 0.0151. The molecule has 23 N–H and O–H groups in total. The van der Waals surface area contributed by atoms with Gasteiger partial charge < -0.3 is 129 Å². The Morgan fingerprint density at radius 3 is 1.47 bits per heavy atom. The maximum absolute atomic E-state index is 13.9. The lowest BCUT2D eigenvalue weighted by Gasteiger charge is -2.23. The zero-order chi connectivity index (χ0) is 102. The van der Waals surface area contributed by atoms with Crippen LogP contribution in [-0.4, -0.2) is 218 Å². The maximum Gasteiger partial charge on any atom is 0.491 e. The molecular formula is C92H101B5FN13O28.